The molecule has 0 spiro atoms. The fourth-order valence-electron chi connectivity index (χ4n) is 3.30. The monoisotopic (exact) mass is 462 g/mol. The molecule has 7 nitrogen and oxygen atoms in total. The first-order valence-corrected chi connectivity index (χ1v) is 11.4. The Hall–Kier alpha value is -2.79. The van der Waals surface area contributed by atoms with Crippen LogP contribution in [-0.2, 0) is 0 Å². The lowest BCUT2D eigenvalue weighted by molar-refractivity contribution is 0.0957. The zero-order valence-corrected chi connectivity index (χ0v) is 18.3. The first-order chi connectivity index (χ1) is 15.0. The maximum atomic E-state index is 14.9. The van der Waals surface area contributed by atoms with Crippen LogP contribution in [-0.4, -0.2) is 46.2 Å². The second-order valence-electron chi connectivity index (χ2n) is 6.82. The van der Waals surface area contributed by atoms with Crippen LogP contribution in [0.2, 0.25) is 0 Å². The molecule has 0 saturated carbocycles. The van der Waals surface area contributed by atoms with Gasteiger partial charge in [0.15, 0.2) is 16.8 Å². The van der Waals surface area contributed by atoms with E-state index in [1.54, 1.807) is 29.9 Å². The number of hydrogen-bond donors (Lipinski definition) is 2. The van der Waals surface area contributed by atoms with E-state index < -0.39 is 17.7 Å². The average Bonchev–Trinajstić information content (AvgIpc) is 3.30. The highest BCUT2D eigenvalue weighted by molar-refractivity contribution is 8.00. The SMILES string of the molecule is CNC(=O)c1ccc(N2CCC(Sc3ccnc(Nc4nccs4)c3F)CC2)c(F)n1. The smallest absolute Gasteiger partial charge is 0.269 e. The van der Waals surface area contributed by atoms with Crippen molar-refractivity contribution in [1.82, 2.24) is 20.3 Å². The Morgan fingerprint density at radius 3 is 2.68 bits per heavy atom. The third-order valence-corrected chi connectivity index (χ3v) is 6.94. The van der Waals surface area contributed by atoms with Gasteiger partial charge in [-0.2, -0.15) is 4.39 Å². The number of hydrogen-bond acceptors (Lipinski definition) is 8. The predicted octanol–water partition coefficient (Wildman–Crippen LogP) is 4.08. The Morgan fingerprint density at radius 2 is 2.00 bits per heavy atom. The van der Waals surface area contributed by atoms with Gasteiger partial charge in [0.05, 0.1) is 5.69 Å². The highest BCUT2D eigenvalue weighted by Gasteiger charge is 2.24. The van der Waals surface area contributed by atoms with Gasteiger partial charge in [0.2, 0.25) is 5.95 Å². The molecular weight excluding hydrogens is 442 g/mol. The van der Waals surface area contributed by atoms with Crippen LogP contribution in [0.3, 0.4) is 0 Å². The Labute approximate surface area is 186 Å². The highest BCUT2D eigenvalue weighted by atomic mass is 32.2. The van der Waals surface area contributed by atoms with E-state index in [0.717, 1.165) is 12.8 Å². The summed E-state index contributed by atoms with van der Waals surface area (Å²) in [7, 11) is 1.47. The van der Waals surface area contributed by atoms with E-state index >= 15 is 0 Å². The summed E-state index contributed by atoms with van der Waals surface area (Å²) in [4.78, 5) is 26.0. The number of nitrogens with zero attached hydrogens (tertiary/aromatic N) is 4. The number of thiazole rings is 1. The largest absolute Gasteiger partial charge is 0.368 e. The fraction of sp³-hybridized carbons (Fsp3) is 0.300. The van der Waals surface area contributed by atoms with Gasteiger partial charge >= 0.3 is 0 Å². The number of carbonyl (C=O) groups is 1. The molecule has 1 aliphatic heterocycles. The summed E-state index contributed by atoms with van der Waals surface area (Å²) in [6.45, 7) is 1.24. The standard InChI is InChI=1S/C20H20F2N6OS2/c1-23-19(29)13-2-3-14(17(22)26-13)28-9-5-12(6-10-28)31-15-4-7-24-18(16(15)21)27-20-25-8-11-30-20/h2-4,7-8,11-12H,5-6,9-10H2,1H3,(H,23,29)(H,24,25,27). The first kappa shape index (κ1) is 21.4. The minimum Gasteiger partial charge on any atom is -0.368 e. The van der Waals surface area contributed by atoms with E-state index in [1.807, 2.05) is 4.90 Å². The van der Waals surface area contributed by atoms with Crippen LogP contribution in [0.25, 0.3) is 0 Å². The summed E-state index contributed by atoms with van der Waals surface area (Å²) in [5.41, 5.74) is 0.422. The third kappa shape index (κ3) is 4.93. The number of halogens is 2. The molecule has 1 fully saturated rings. The fourth-order valence-corrected chi connectivity index (χ4v) is 4.98. The van der Waals surface area contributed by atoms with Gasteiger partial charge in [-0.15, -0.1) is 23.1 Å². The molecule has 162 valence electrons. The minimum absolute atomic E-state index is 0.0458. The number of nitrogens with one attached hydrogen (secondary N) is 2. The van der Waals surface area contributed by atoms with Crippen LogP contribution < -0.4 is 15.5 Å². The lowest BCUT2D eigenvalue weighted by atomic mass is 10.1. The number of amides is 1. The van der Waals surface area contributed by atoms with E-state index in [1.165, 1.54) is 36.2 Å². The molecule has 2 N–H and O–H groups in total. The van der Waals surface area contributed by atoms with Crippen LogP contribution in [0.15, 0.2) is 40.9 Å². The molecule has 4 heterocycles. The van der Waals surface area contributed by atoms with Gasteiger partial charge in [-0.1, -0.05) is 0 Å². The number of carbonyl (C=O) groups excluding carboxylic acids is 1. The molecule has 4 rings (SSSR count). The number of pyridine rings is 2. The van der Waals surface area contributed by atoms with Crippen molar-refractivity contribution < 1.29 is 13.6 Å². The van der Waals surface area contributed by atoms with Crippen molar-refractivity contribution in [2.45, 2.75) is 23.0 Å². The van der Waals surface area contributed by atoms with Crippen molar-refractivity contribution >= 4 is 45.6 Å². The lowest BCUT2D eigenvalue weighted by Crippen LogP contribution is -2.35. The lowest BCUT2D eigenvalue weighted by Gasteiger charge is -2.33. The molecule has 1 saturated heterocycles. The van der Waals surface area contributed by atoms with Crippen LogP contribution in [0.1, 0.15) is 23.3 Å². The molecule has 0 aromatic carbocycles. The summed E-state index contributed by atoms with van der Waals surface area (Å²) < 4.78 is 29.3. The van der Waals surface area contributed by atoms with Gasteiger partial charge in [-0.3, -0.25) is 4.79 Å². The van der Waals surface area contributed by atoms with E-state index in [2.05, 4.69) is 25.6 Å². The molecule has 1 aliphatic rings. The quantitative estimate of drug-likeness (QED) is 0.534. The highest BCUT2D eigenvalue weighted by Crippen LogP contribution is 2.35. The Kier molecular flexibility index (Phi) is 6.62. The summed E-state index contributed by atoms with van der Waals surface area (Å²) in [5.74, 6) is -1.33. The van der Waals surface area contributed by atoms with E-state index in [0.29, 0.717) is 28.8 Å². The van der Waals surface area contributed by atoms with E-state index in [4.69, 9.17) is 0 Å². The number of aromatic nitrogens is 3. The molecule has 0 atom stereocenters. The summed E-state index contributed by atoms with van der Waals surface area (Å²) in [6.07, 6.45) is 4.74. The molecular formula is C20H20F2N6OS2. The molecule has 3 aromatic heterocycles. The van der Waals surface area contributed by atoms with Crippen molar-refractivity contribution in [3.63, 3.8) is 0 Å². The molecule has 31 heavy (non-hydrogen) atoms. The maximum Gasteiger partial charge on any atom is 0.269 e. The van der Waals surface area contributed by atoms with E-state index in [-0.39, 0.29) is 16.8 Å². The van der Waals surface area contributed by atoms with Crippen molar-refractivity contribution in [3.05, 3.63) is 53.4 Å². The molecule has 0 aliphatic carbocycles. The summed E-state index contributed by atoms with van der Waals surface area (Å²) in [5, 5.41) is 7.92. The third-order valence-electron chi connectivity index (χ3n) is 4.88. The zero-order chi connectivity index (χ0) is 21.8. The number of piperidine rings is 1. The summed E-state index contributed by atoms with van der Waals surface area (Å²) >= 11 is 2.84. The van der Waals surface area contributed by atoms with Gasteiger partial charge in [-0.25, -0.2) is 19.3 Å². The van der Waals surface area contributed by atoms with Crippen LogP contribution in [0.5, 0.6) is 0 Å². The van der Waals surface area contributed by atoms with Gasteiger partial charge < -0.3 is 15.5 Å². The van der Waals surface area contributed by atoms with Crippen molar-refractivity contribution in [1.29, 1.82) is 0 Å². The molecule has 11 heteroatoms. The average molecular weight is 463 g/mol. The van der Waals surface area contributed by atoms with Gasteiger partial charge in [-0.05, 0) is 31.0 Å². The topological polar surface area (TPSA) is 83.0 Å². The van der Waals surface area contributed by atoms with Crippen LogP contribution >= 0.6 is 23.1 Å². The number of thioether (sulfide) groups is 1. The molecule has 1 amide bonds. The first-order valence-electron chi connectivity index (χ1n) is 9.66. The van der Waals surface area contributed by atoms with Crippen molar-refractivity contribution in [2.75, 3.05) is 30.4 Å². The second kappa shape index (κ2) is 9.56. The molecule has 0 unspecified atom stereocenters. The summed E-state index contributed by atoms with van der Waals surface area (Å²) in [6, 6.07) is 4.77. The number of anilines is 3. The van der Waals surface area contributed by atoms with Crippen LogP contribution in [0.4, 0.5) is 25.4 Å². The van der Waals surface area contributed by atoms with Crippen LogP contribution in [0, 0.1) is 11.8 Å². The second-order valence-corrected chi connectivity index (χ2v) is 9.06. The van der Waals surface area contributed by atoms with Gasteiger partial charge in [0.1, 0.15) is 5.69 Å². The van der Waals surface area contributed by atoms with Crippen molar-refractivity contribution in [2.24, 2.45) is 0 Å². The minimum atomic E-state index is -0.662. The molecule has 0 radical (unpaired) electrons. The van der Waals surface area contributed by atoms with E-state index in [9.17, 15) is 13.6 Å². The maximum absolute atomic E-state index is 14.9. The molecule has 0 bridgehead atoms. The van der Waals surface area contributed by atoms with Crippen molar-refractivity contribution in [3.8, 4) is 0 Å². The molecule has 3 aromatic rings. The Bertz CT molecular complexity index is 1060. The van der Waals surface area contributed by atoms with Gasteiger partial charge in [0.25, 0.3) is 5.91 Å². The number of rotatable bonds is 6. The Morgan fingerprint density at radius 1 is 1.19 bits per heavy atom. The Balaban J connectivity index is 1.38. The van der Waals surface area contributed by atoms with Gasteiger partial charge in [0, 0.05) is 48.1 Å². The predicted molar refractivity (Wildman–Crippen MR) is 118 cm³/mol. The normalized spacial score (nSPS) is 14.5. The zero-order valence-electron chi connectivity index (χ0n) is 16.6.